The van der Waals surface area contributed by atoms with Gasteiger partial charge in [-0.3, -0.25) is 4.98 Å². The van der Waals surface area contributed by atoms with Gasteiger partial charge in [0.05, 0.1) is 5.75 Å². The number of benzene rings is 1. The fourth-order valence-electron chi connectivity index (χ4n) is 2.98. The molecular weight excluding hydrogens is 352 g/mol. The van der Waals surface area contributed by atoms with Crippen LogP contribution in [0.3, 0.4) is 0 Å². The van der Waals surface area contributed by atoms with Gasteiger partial charge in [-0.25, -0.2) is 22.6 Å². The van der Waals surface area contributed by atoms with Crippen molar-refractivity contribution < 1.29 is 8.42 Å². The van der Waals surface area contributed by atoms with E-state index in [1.54, 1.807) is 0 Å². The largest absolute Gasteiger partial charge is 0.340 e. The van der Waals surface area contributed by atoms with Crippen LogP contribution in [0.15, 0.2) is 29.1 Å². The highest BCUT2D eigenvalue weighted by Crippen LogP contribution is 2.29. The first kappa shape index (κ1) is 17.2. The summed E-state index contributed by atoms with van der Waals surface area (Å²) in [6.07, 6.45) is 1.78. The van der Waals surface area contributed by atoms with E-state index in [0.717, 1.165) is 12.8 Å². The van der Waals surface area contributed by atoms with Crippen molar-refractivity contribution in [1.29, 1.82) is 0 Å². The second-order valence-electron chi connectivity index (χ2n) is 5.92. The molecule has 1 aliphatic heterocycles. The first-order chi connectivity index (χ1) is 11.4. The minimum Gasteiger partial charge on any atom is -0.293 e. The maximum Gasteiger partial charge on any atom is 0.340 e. The number of hydrogen-bond donors (Lipinski definition) is 2. The van der Waals surface area contributed by atoms with E-state index in [9.17, 15) is 13.2 Å². The number of H-pyrrole nitrogens is 2. The van der Waals surface area contributed by atoms with Gasteiger partial charge in [-0.2, -0.15) is 5.10 Å². The van der Waals surface area contributed by atoms with Crippen LogP contribution in [0.5, 0.6) is 0 Å². The number of hydrogen-bond acceptors (Lipinski definition) is 4. The van der Waals surface area contributed by atoms with E-state index in [1.165, 1.54) is 9.87 Å². The molecule has 0 radical (unpaired) electrons. The van der Waals surface area contributed by atoms with E-state index < -0.39 is 15.7 Å². The lowest BCUT2D eigenvalue weighted by Gasteiger charge is -2.31. The van der Waals surface area contributed by atoms with Crippen molar-refractivity contribution >= 4 is 21.6 Å². The second-order valence-corrected chi connectivity index (χ2v) is 8.44. The topological polar surface area (TPSA) is 98.9 Å². The van der Waals surface area contributed by atoms with E-state index in [4.69, 9.17) is 11.6 Å². The minimum absolute atomic E-state index is 0.0561. The van der Waals surface area contributed by atoms with E-state index in [-0.39, 0.29) is 12.2 Å². The van der Waals surface area contributed by atoms with Gasteiger partial charge in [-0.05, 0) is 36.5 Å². The van der Waals surface area contributed by atoms with Crippen LogP contribution in [0.25, 0.3) is 0 Å². The zero-order valence-corrected chi connectivity index (χ0v) is 14.6. The molecule has 1 aromatic carbocycles. The number of rotatable bonds is 5. The summed E-state index contributed by atoms with van der Waals surface area (Å²) in [6, 6.07) is 7.74. The molecule has 1 aliphatic rings. The molecule has 130 valence electrons. The molecule has 1 saturated heterocycles. The third kappa shape index (κ3) is 4.06. The Morgan fingerprint density at radius 3 is 2.46 bits per heavy atom. The highest BCUT2D eigenvalue weighted by atomic mass is 35.5. The Kier molecular flexibility index (Phi) is 5.07. The van der Waals surface area contributed by atoms with Crippen molar-refractivity contribution in [3.8, 4) is 0 Å². The van der Waals surface area contributed by atoms with Gasteiger partial charge in [-0.1, -0.05) is 23.7 Å². The summed E-state index contributed by atoms with van der Waals surface area (Å²) in [7, 11) is -3.35. The van der Waals surface area contributed by atoms with Crippen LogP contribution in [0.4, 0.5) is 0 Å². The standard InChI is InChI=1S/C15H19ClN4O3S/c16-13-3-1-11(2-4-13)12-5-8-20(9-6-12)24(22,23)10-7-14-17-15(21)19-18-14/h1-4,12H,5-10H2,(H2,17,18,19,21). The maximum absolute atomic E-state index is 12.4. The first-order valence-corrected chi connectivity index (χ1v) is 9.79. The molecule has 24 heavy (non-hydrogen) atoms. The van der Waals surface area contributed by atoms with Crippen LogP contribution < -0.4 is 5.69 Å². The number of piperidine rings is 1. The van der Waals surface area contributed by atoms with Gasteiger partial charge < -0.3 is 0 Å². The van der Waals surface area contributed by atoms with Crippen molar-refractivity contribution in [2.45, 2.75) is 25.2 Å². The van der Waals surface area contributed by atoms with Crippen LogP contribution in [0, 0.1) is 0 Å². The number of sulfonamides is 1. The quantitative estimate of drug-likeness (QED) is 0.833. The predicted molar refractivity (Wildman–Crippen MR) is 91.7 cm³/mol. The SMILES string of the molecule is O=c1[nH]nc(CCS(=O)(=O)N2CCC(c3ccc(Cl)cc3)CC2)[nH]1. The molecule has 2 heterocycles. The summed E-state index contributed by atoms with van der Waals surface area (Å²) < 4.78 is 26.4. The Balaban J connectivity index is 1.56. The minimum atomic E-state index is -3.35. The number of halogens is 1. The van der Waals surface area contributed by atoms with E-state index in [1.807, 2.05) is 24.3 Å². The summed E-state index contributed by atoms with van der Waals surface area (Å²) in [6.45, 7) is 1.01. The van der Waals surface area contributed by atoms with Crippen LogP contribution >= 0.6 is 11.6 Å². The molecule has 2 aromatic rings. The molecule has 0 amide bonds. The molecule has 0 saturated carbocycles. The molecule has 1 fully saturated rings. The van der Waals surface area contributed by atoms with E-state index in [0.29, 0.717) is 29.9 Å². The highest BCUT2D eigenvalue weighted by Gasteiger charge is 2.28. The average Bonchev–Trinajstić information content (AvgIpc) is 3.00. The Hall–Kier alpha value is -1.64. The Morgan fingerprint density at radius 1 is 1.21 bits per heavy atom. The van der Waals surface area contributed by atoms with Gasteiger partial charge in [0.2, 0.25) is 10.0 Å². The Labute approximate surface area is 145 Å². The van der Waals surface area contributed by atoms with Gasteiger partial charge in [0.15, 0.2) is 0 Å². The summed E-state index contributed by atoms with van der Waals surface area (Å²) in [5.74, 6) is 0.662. The third-order valence-corrected chi connectivity index (χ3v) is 6.46. The Morgan fingerprint density at radius 2 is 1.88 bits per heavy atom. The summed E-state index contributed by atoms with van der Waals surface area (Å²) in [5, 5.41) is 6.67. The summed E-state index contributed by atoms with van der Waals surface area (Å²) in [5.41, 5.74) is 0.775. The molecule has 9 heteroatoms. The molecule has 0 spiro atoms. The van der Waals surface area contributed by atoms with Crippen LogP contribution in [-0.2, 0) is 16.4 Å². The molecule has 2 N–H and O–H groups in total. The zero-order valence-electron chi connectivity index (χ0n) is 13.0. The monoisotopic (exact) mass is 370 g/mol. The lowest BCUT2D eigenvalue weighted by atomic mass is 9.90. The summed E-state index contributed by atoms with van der Waals surface area (Å²) in [4.78, 5) is 13.4. The predicted octanol–water partition coefficient (Wildman–Crippen LogP) is 1.50. The third-order valence-electron chi connectivity index (χ3n) is 4.34. The fourth-order valence-corrected chi connectivity index (χ4v) is 4.58. The van der Waals surface area contributed by atoms with Gasteiger partial charge in [-0.15, -0.1) is 0 Å². The number of aromatic amines is 2. The highest BCUT2D eigenvalue weighted by molar-refractivity contribution is 7.89. The zero-order chi connectivity index (χ0) is 17.2. The van der Waals surface area contributed by atoms with Crippen LogP contribution in [0.2, 0.25) is 5.02 Å². The first-order valence-electron chi connectivity index (χ1n) is 7.81. The van der Waals surface area contributed by atoms with Crippen molar-refractivity contribution in [2.24, 2.45) is 0 Å². The fraction of sp³-hybridized carbons (Fsp3) is 0.467. The Bertz CT molecular complexity index is 836. The number of nitrogens with zero attached hydrogens (tertiary/aromatic N) is 2. The lowest BCUT2D eigenvalue weighted by Crippen LogP contribution is -2.39. The van der Waals surface area contributed by atoms with E-state index in [2.05, 4.69) is 15.2 Å². The van der Waals surface area contributed by atoms with Crippen molar-refractivity contribution in [1.82, 2.24) is 19.5 Å². The van der Waals surface area contributed by atoms with Crippen molar-refractivity contribution in [2.75, 3.05) is 18.8 Å². The normalized spacial score (nSPS) is 17.2. The molecule has 7 nitrogen and oxygen atoms in total. The van der Waals surface area contributed by atoms with Gasteiger partial charge >= 0.3 is 5.69 Å². The number of aryl methyl sites for hydroxylation is 1. The van der Waals surface area contributed by atoms with Gasteiger partial charge in [0.25, 0.3) is 0 Å². The number of aromatic nitrogens is 3. The van der Waals surface area contributed by atoms with E-state index >= 15 is 0 Å². The number of nitrogens with one attached hydrogen (secondary N) is 2. The maximum atomic E-state index is 12.4. The smallest absolute Gasteiger partial charge is 0.293 e. The second kappa shape index (κ2) is 7.08. The average molecular weight is 371 g/mol. The van der Waals surface area contributed by atoms with Crippen LogP contribution in [0.1, 0.15) is 30.1 Å². The summed E-state index contributed by atoms with van der Waals surface area (Å²) >= 11 is 5.90. The molecule has 0 unspecified atom stereocenters. The molecule has 3 rings (SSSR count). The molecular formula is C15H19ClN4O3S. The van der Waals surface area contributed by atoms with Crippen molar-refractivity contribution in [3.63, 3.8) is 0 Å². The molecule has 0 bridgehead atoms. The molecule has 0 atom stereocenters. The molecule has 0 aliphatic carbocycles. The van der Waals surface area contributed by atoms with Crippen LogP contribution in [-0.4, -0.2) is 46.7 Å². The molecule has 1 aromatic heterocycles. The van der Waals surface area contributed by atoms with Gasteiger partial charge in [0, 0.05) is 24.5 Å². The van der Waals surface area contributed by atoms with Crippen molar-refractivity contribution in [3.05, 3.63) is 51.2 Å². The lowest BCUT2D eigenvalue weighted by molar-refractivity contribution is 0.319. The van der Waals surface area contributed by atoms with Gasteiger partial charge in [0.1, 0.15) is 5.82 Å².